The Kier molecular flexibility index (Phi) is 5.52. The smallest absolute Gasteiger partial charge is 0.218 e. The van der Waals surface area contributed by atoms with E-state index in [4.69, 9.17) is 5.73 Å². The highest BCUT2D eigenvalue weighted by Crippen LogP contribution is 2.19. The predicted octanol–water partition coefficient (Wildman–Crippen LogP) is 1.82. The number of nitrogens with two attached hydrogens (primary N) is 1. The number of rotatable bonds is 7. The largest absolute Gasteiger partial charge is 0.330 e. The molecule has 0 amide bonds. The Hall–Kier alpha value is -0.910. The van der Waals surface area contributed by atoms with Gasteiger partial charge in [-0.25, -0.2) is 12.7 Å². The summed E-state index contributed by atoms with van der Waals surface area (Å²) in [6.07, 6.45) is 0. The van der Waals surface area contributed by atoms with Crippen LogP contribution in [-0.2, 0) is 15.8 Å². The lowest BCUT2D eigenvalue weighted by atomic mass is 9.94. The molecular formula is C14H24N2O2S. The fourth-order valence-corrected chi connectivity index (χ4v) is 3.56. The Morgan fingerprint density at radius 2 is 1.79 bits per heavy atom. The first-order valence-corrected chi connectivity index (χ1v) is 8.13. The van der Waals surface area contributed by atoms with Crippen molar-refractivity contribution in [3.05, 3.63) is 35.9 Å². The Morgan fingerprint density at radius 3 is 2.26 bits per heavy atom. The van der Waals surface area contributed by atoms with Crippen LogP contribution in [0.2, 0.25) is 0 Å². The second kappa shape index (κ2) is 6.50. The molecule has 0 radical (unpaired) electrons. The maximum atomic E-state index is 12.4. The summed E-state index contributed by atoms with van der Waals surface area (Å²) >= 11 is 0. The lowest BCUT2D eigenvalue weighted by Gasteiger charge is -2.30. The lowest BCUT2D eigenvalue weighted by molar-refractivity contribution is 0.272. The van der Waals surface area contributed by atoms with E-state index in [-0.39, 0.29) is 11.2 Å². The van der Waals surface area contributed by atoms with Crippen LogP contribution in [0.25, 0.3) is 0 Å². The van der Waals surface area contributed by atoms with E-state index in [9.17, 15) is 8.42 Å². The number of sulfonamides is 1. The molecule has 0 unspecified atom stereocenters. The fraction of sp³-hybridized carbons (Fsp3) is 0.571. The minimum atomic E-state index is -3.29. The molecule has 2 N–H and O–H groups in total. The molecule has 0 fully saturated rings. The average molecular weight is 284 g/mol. The zero-order chi connectivity index (χ0) is 14.5. The van der Waals surface area contributed by atoms with Gasteiger partial charge in [0, 0.05) is 13.1 Å². The van der Waals surface area contributed by atoms with Crippen molar-refractivity contribution in [2.24, 2.45) is 11.1 Å². The summed E-state index contributed by atoms with van der Waals surface area (Å²) in [5.41, 5.74) is 6.29. The van der Waals surface area contributed by atoms with Gasteiger partial charge in [0.15, 0.2) is 0 Å². The van der Waals surface area contributed by atoms with Crippen molar-refractivity contribution < 1.29 is 8.42 Å². The lowest BCUT2D eigenvalue weighted by Crippen LogP contribution is -2.42. The molecule has 1 aromatic carbocycles. The Labute approximate surface area is 116 Å². The van der Waals surface area contributed by atoms with E-state index in [2.05, 4.69) is 0 Å². The summed E-state index contributed by atoms with van der Waals surface area (Å²) in [4.78, 5) is 0. The molecule has 5 heteroatoms. The minimum absolute atomic E-state index is 0.0440. The van der Waals surface area contributed by atoms with Crippen LogP contribution in [-0.4, -0.2) is 32.4 Å². The van der Waals surface area contributed by atoms with Gasteiger partial charge in [0.2, 0.25) is 10.0 Å². The van der Waals surface area contributed by atoms with Crippen LogP contribution >= 0.6 is 0 Å². The van der Waals surface area contributed by atoms with E-state index in [0.717, 1.165) is 5.56 Å². The number of benzene rings is 1. The van der Waals surface area contributed by atoms with E-state index in [1.807, 2.05) is 51.1 Å². The molecule has 0 atom stereocenters. The topological polar surface area (TPSA) is 63.4 Å². The maximum absolute atomic E-state index is 12.4. The van der Waals surface area contributed by atoms with Crippen molar-refractivity contribution in [2.75, 3.05) is 19.6 Å². The molecule has 0 aliphatic carbocycles. The van der Waals surface area contributed by atoms with E-state index >= 15 is 0 Å². The molecule has 1 aromatic rings. The SMILES string of the molecule is CCN(CC(C)(C)CN)S(=O)(=O)Cc1ccccc1. The van der Waals surface area contributed by atoms with Crippen LogP contribution in [0.3, 0.4) is 0 Å². The van der Waals surface area contributed by atoms with Gasteiger partial charge >= 0.3 is 0 Å². The standard InChI is InChI=1S/C14H24N2O2S/c1-4-16(12-14(2,3)11-15)19(17,18)10-13-8-6-5-7-9-13/h5-9H,4,10-12,15H2,1-3H3. The summed E-state index contributed by atoms with van der Waals surface area (Å²) in [6, 6.07) is 9.25. The van der Waals surface area contributed by atoms with Crippen LogP contribution < -0.4 is 5.73 Å². The number of hydrogen-bond donors (Lipinski definition) is 1. The molecule has 0 aromatic heterocycles. The maximum Gasteiger partial charge on any atom is 0.218 e. The zero-order valence-corrected chi connectivity index (χ0v) is 12.8. The van der Waals surface area contributed by atoms with E-state index in [0.29, 0.717) is 19.6 Å². The highest BCUT2D eigenvalue weighted by Gasteiger charge is 2.27. The molecule has 0 heterocycles. The van der Waals surface area contributed by atoms with Gasteiger partial charge in [-0.3, -0.25) is 0 Å². The number of hydrogen-bond acceptors (Lipinski definition) is 3. The summed E-state index contributed by atoms with van der Waals surface area (Å²) in [6.45, 7) is 7.20. The minimum Gasteiger partial charge on any atom is -0.330 e. The molecule has 0 bridgehead atoms. The Bertz CT molecular complexity index is 483. The zero-order valence-electron chi connectivity index (χ0n) is 12.0. The van der Waals surface area contributed by atoms with Crippen LogP contribution in [0, 0.1) is 5.41 Å². The van der Waals surface area contributed by atoms with E-state index in [1.165, 1.54) is 4.31 Å². The third-order valence-corrected chi connectivity index (χ3v) is 4.97. The van der Waals surface area contributed by atoms with Gasteiger partial charge in [0.25, 0.3) is 0 Å². The molecule has 0 aliphatic heterocycles. The third kappa shape index (κ3) is 4.93. The summed E-state index contributed by atoms with van der Waals surface area (Å²) in [7, 11) is -3.29. The van der Waals surface area contributed by atoms with Crippen LogP contribution in [0.5, 0.6) is 0 Å². The molecular weight excluding hydrogens is 260 g/mol. The summed E-state index contributed by atoms with van der Waals surface area (Å²) < 4.78 is 26.3. The van der Waals surface area contributed by atoms with Gasteiger partial charge in [-0.05, 0) is 17.5 Å². The summed E-state index contributed by atoms with van der Waals surface area (Å²) in [5.74, 6) is 0.0440. The predicted molar refractivity (Wildman–Crippen MR) is 79.1 cm³/mol. The Morgan fingerprint density at radius 1 is 1.21 bits per heavy atom. The molecule has 108 valence electrons. The van der Waals surface area contributed by atoms with Crippen LogP contribution in [0.4, 0.5) is 0 Å². The highest BCUT2D eigenvalue weighted by molar-refractivity contribution is 7.88. The van der Waals surface area contributed by atoms with E-state index in [1.54, 1.807) is 0 Å². The van der Waals surface area contributed by atoms with Gasteiger partial charge in [0.05, 0.1) is 5.75 Å². The molecule has 0 spiro atoms. The molecule has 0 saturated carbocycles. The van der Waals surface area contributed by atoms with Crippen LogP contribution in [0.15, 0.2) is 30.3 Å². The quantitative estimate of drug-likeness (QED) is 0.830. The molecule has 4 nitrogen and oxygen atoms in total. The van der Waals surface area contributed by atoms with Gasteiger partial charge in [-0.2, -0.15) is 0 Å². The van der Waals surface area contributed by atoms with Crippen molar-refractivity contribution in [1.29, 1.82) is 0 Å². The van der Waals surface area contributed by atoms with Gasteiger partial charge in [0.1, 0.15) is 0 Å². The second-order valence-electron chi connectivity index (χ2n) is 5.54. The van der Waals surface area contributed by atoms with Crippen molar-refractivity contribution in [2.45, 2.75) is 26.5 Å². The van der Waals surface area contributed by atoms with Crippen molar-refractivity contribution >= 4 is 10.0 Å². The second-order valence-corrected chi connectivity index (χ2v) is 7.51. The average Bonchev–Trinajstić information content (AvgIpc) is 2.36. The first-order valence-electron chi connectivity index (χ1n) is 6.52. The monoisotopic (exact) mass is 284 g/mol. The van der Waals surface area contributed by atoms with Gasteiger partial charge in [-0.1, -0.05) is 51.1 Å². The fourth-order valence-electron chi connectivity index (χ4n) is 1.82. The van der Waals surface area contributed by atoms with Gasteiger partial charge < -0.3 is 5.73 Å². The highest BCUT2D eigenvalue weighted by atomic mass is 32.2. The normalized spacial score (nSPS) is 12.9. The first-order chi connectivity index (χ1) is 8.80. The molecule has 0 saturated heterocycles. The van der Waals surface area contributed by atoms with Crippen LogP contribution in [0.1, 0.15) is 26.3 Å². The third-order valence-electron chi connectivity index (χ3n) is 3.09. The molecule has 0 aliphatic rings. The molecule has 1 rings (SSSR count). The summed E-state index contributed by atoms with van der Waals surface area (Å²) in [5, 5.41) is 0. The number of nitrogens with zero attached hydrogens (tertiary/aromatic N) is 1. The Balaban J connectivity index is 2.85. The van der Waals surface area contributed by atoms with Gasteiger partial charge in [-0.15, -0.1) is 0 Å². The van der Waals surface area contributed by atoms with Crippen molar-refractivity contribution in [3.63, 3.8) is 0 Å². The van der Waals surface area contributed by atoms with Crippen molar-refractivity contribution in [3.8, 4) is 0 Å². The van der Waals surface area contributed by atoms with E-state index < -0.39 is 10.0 Å². The molecule has 19 heavy (non-hydrogen) atoms. The van der Waals surface area contributed by atoms with Crippen molar-refractivity contribution in [1.82, 2.24) is 4.31 Å². The first kappa shape index (κ1) is 16.1.